The summed E-state index contributed by atoms with van der Waals surface area (Å²) in [6.07, 6.45) is 4.15. The van der Waals surface area contributed by atoms with Crippen molar-refractivity contribution >= 4 is 11.9 Å². The fourth-order valence-electron chi connectivity index (χ4n) is 0.803. The van der Waals surface area contributed by atoms with Gasteiger partial charge in [0.15, 0.2) is 0 Å². The smallest absolute Gasteiger partial charge is 0.335 e. The first kappa shape index (κ1) is 12.4. The molecule has 14 heavy (non-hydrogen) atoms. The summed E-state index contributed by atoms with van der Waals surface area (Å²) in [4.78, 5) is 21.1. The van der Waals surface area contributed by atoms with Gasteiger partial charge in [-0.15, -0.1) is 0 Å². The van der Waals surface area contributed by atoms with E-state index in [0.717, 1.165) is 6.42 Å². The highest BCUT2D eigenvalue weighted by Crippen LogP contribution is 2.05. The van der Waals surface area contributed by atoms with Gasteiger partial charge in [0.2, 0.25) is 0 Å². The molecule has 0 radical (unpaired) electrons. The third kappa shape index (κ3) is 4.45. The second-order valence-electron chi connectivity index (χ2n) is 2.89. The fraction of sp³-hybridized carbons (Fsp3) is 0.400. The lowest BCUT2D eigenvalue weighted by Crippen LogP contribution is -2.02. The Kier molecular flexibility index (Phi) is 5.29. The lowest BCUT2D eigenvalue weighted by atomic mass is 10.1. The topological polar surface area (TPSA) is 74.6 Å². The van der Waals surface area contributed by atoms with Crippen LogP contribution in [0.5, 0.6) is 0 Å². The molecule has 0 aliphatic rings. The van der Waals surface area contributed by atoms with Crippen molar-refractivity contribution in [2.24, 2.45) is 0 Å². The minimum Gasteiger partial charge on any atom is -0.478 e. The molecule has 0 atom stereocenters. The number of carboxylic acids is 2. The maximum atomic E-state index is 10.7. The maximum Gasteiger partial charge on any atom is 0.335 e. The third-order valence-corrected chi connectivity index (χ3v) is 1.61. The van der Waals surface area contributed by atoms with Gasteiger partial charge in [0, 0.05) is 5.57 Å². The molecule has 0 saturated heterocycles. The molecule has 0 aromatic carbocycles. The Balaban J connectivity index is 4.77. The molecule has 0 heterocycles. The van der Waals surface area contributed by atoms with Crippen LogP contribution in [0.2, 0.25) is 0 Å². The maximum absolute atomic E-state index is 10.7. The van der Waals surface area contributed by atoms with Crippen LogP contribution in [-0.2, 0) is 9.59 Å². The molecule has 4 nitrogen and oxygen atoms in total. The van der Waals surface area contributed by atoms with Gasteiger partial charge in [0.1, 0.15) is 0 Å². The number of carboxylic acid groups (broad SMARTS) is 2. The van der Waals surface area contributed by atoms with Crippen LogP contribution in [0, 0.1) is 0 Å². The summed E-state index contributed by atoms with van der Waals surface area (Å²) in [6.45, 7) is 3.29. The molecule has 0 saturated carbocycles. The standard InChI is InChI=1S/C10H14O4/c1-3-4-5-8(10(13)14)6-7(2)9(11)12/h5-6H,3-4H2,1-2H3,(H,11,12)(H,13,14). The van der Waals surface area contributed by atoms with E-state index in [1.165, 1.54) is 19.1 Å². The SMILES string of the molecule is CCCC=C(C=C(C)C(=O)O)C(=O)O. The van der Waals surface area contributed by atoms with Gasteiger partial charge in [0.25, 0.3) is 0 Å². The Hall–Kier alpha value is -1.58. The summed E-state index contributed by atoms with van der Waals surface area (Å²) in [6, 6.07) is 0. The molecule has 0 aromatic rings. The van der Waals surface area contributed by atoms with Crippen molar-refractivity contribution in [1.29, 1.82) is 0 Å². The number of aliphatic carboxylic acids is 2. The summed E-state index contributed by atoms with van der Waals surface area (Å²) >= 11 is 0. The number of allylic oxidation sites excluding steroid dienone is 1. The molecule has 0 aliphatic heterocycles. The Morgan fingerprint density at radius 1 is 1.21 bits per heavy atom. The lowest BCUT2D eigenvalue weighted by molar-refractivity contribution is -0.132. The molecule has 0 fully saturated rings. The number of hydrogen-bond acceptors (Lipinski definition) is 2. The highest BCUT2D eigenvalue weighted by molar-refractivity contribution is 5.94. The molecular weight excluding hydrogens is 184 g/mol. The highest BCUT2D eigenvalue weighted by Gasteiger charge is 2.06. The van der Waals surface area contributed by atoms with E-state index in [4.69, 9.17) is 10.2 Å². The zero-order valence-corrected chi connectivity index (χ0v) is 8.28. The van der Waals surface area contributed by atoms with Crippen molar-refractivity contribution in [3.8, 4) is 0 Å². The quantitative estimate of drug-likeness (QED) is 0.522. The van der Waals surface area contributed by atoms with E-state index >= 15 is 0 Å². The first-order valence-corrected chi connectivity index (χ1v) is 4.34. The molecule has 0 aromatic heterocycles. The van der Waals surface area contributed by atoms with E-state index in [-0.39, 0.29) is 11.1 Å². The summed E-state index contributed by atoms with van der Waals surface area (Å²) < 4.78 is 0. The van der Waals surface area contributed by atoms with Crippen LogP contribution in [0.1, 0.15) is 26.7 Å². The highest BCUT2D eigenvalue weighted by atomic mass is 16.4. The molecular formula is C10H14O4. The summed E-state index contributed by atoms with van der Waals surface area (Å²) in [7, 11) is 0. The van der Waals surface area contributed by atoms with Gasteiger partial charge < -0.3 is 10.2 Å². The molecule has 0 amide bonds. The minimum atomic E-state index is -1.10. The molecule has 2 N–H and O–H groups in total. The van der Waals surface area contributed by atoms with E-state index in [0.29, 0.717) is 6.42 Å². The molecule has 78 valence electrons. The van der Waals surface area contributed by atoms with Gasteiger partial charge in [-0.2, -0.15) is 0 Å². The van der Waals surface area contributed by atoms with Gasteiger partial charge in [-0.1, -0.05) is 19.4 Å². The van der Waals surface area contributed by atoms with Crippen molar-refractivity contribution in [1.82, 2.24) is 0 Å². The first-order valence-electron chi connectivity index (χ1n) is 4.34. The van der Waals surface area contributed by atoms with Crippen LogP contribution in [0.25, 0.3) is 0 Å². The minimum absolute atomic E-state index is 0.0229. The largest absolute Gasteiger partial charge is 0.478 e. The lowest BCUT2D eigenvalue weighted by Gasteiger charge is -1.96. The number of hydrogen-bond donors (Lipinski definition) is 2. The van der Waals surface area contributed by atoms with Crippen LogP contribution in [0.3, 0.4) is 0 Å². The zero-order valence-electron chi connectivity index (χ0n) is 8.28. The predicted octanol–water partition coefficient (Wildman–Crippen LogP) is 1.83. The Bertz CT molecular complexity index is 286. The predicted molar refractivity (Wildman–Crippen MR) is 52.0 cm³/mol. The van der Waals surface area contributed by atoms with Crippen molar-refractivity contribution in [2.75, 3.05) is 0 Å². The average Bonchev–Trinajstić information content (AvgIpc) is 2.10. The first-order chi connectivity index (χ1) is 6.49. The summed E-state index contributed by atoms with van der Waals surface area (Å²) in [5.41, 5.74) is 0.0569. The van der Waals surface area contributed by atoms with Gasteiger partial charge in [-0.25, -0.2) is 9.59 Å². The van der Waals surface area contributed by atoms with Gasteiger partial charge in [0.05, 0.1) is 5.57 Å². The third-order valence-electron chi connectivity index (χ3n) is 1.61. The second-order valence-corrected chi connectivity index (χ2v) is 2.89. The number of rotatable bonds is 5. The van der Waals surface area contributed by atoms with E-state index in [1.54, 1.807) is 0 Å². The van der Waals surface area contributed by atoms with Gasteiger partial charge in [-0.05, 0) is 19.4 Å². The zero-order chi connectivity index (χ0) is 11.1. The summed E-state index contributed by atoms with van der Waals surface area (Å²) in [5, 5.41) is 17.3. The molecule has 4 heteroatoms. The molecule has 0 rings (SSSR count). The van der Waals surface area contributed by atoms with Crippen molar-refractivity contribution in [3.63, 3.8) is 0 Å². The van der Waals surface area contributed by atoms with Crippen LogP contribution in [-0.4, -0.2) is 22.2 Å². The Morgan fingerprint density at radius 3 is 2.14 bits per heavy atom. The Labute approximate surface area is 82.6 Å². The molecule has 0 unspecified atom stereocenters. The van der Waals surface area contributed by atoms with Crippen LogP contribution in [0.15, 0.2) is 23.3 Å². The van der Waals surface area contributed by atoms with Crippen molar-refractivity contribution in [3.05, 3.63) is 23.3 Å². The van der Waals surface area contributed by atoms with Gasteiger partial charge in [-0.3, -0.25) is 0 Å². The van der Waals surface area contributed by atoms with E-state index in [1.807, 2.05) is 6.92 Å². The van der Waals surface area contributed by atoms with Gasteiger partial charge >= 0.3 is 11.9 Å². The Morgan fingerprint density at radius 2 is 1.79 bits per heavy atom. The fourth-order valence-corrected chi connectivity index (χ4v) is 0.803. The normalized spacial score (nSPS) is 12.7. The second kappa shape index (κ2) is 5.96. The number of carbonyl (C=O) groups is 2. The summed E-state index contributed by atoms with van der Waals surface area (Å²) in [5.74, 6) is -2.20. The number of unbranched alkanes of at least 4 members (excludes halogenated alkanes) is 1. The van der Waals surface area contributed by atoms with Crippen LogP contribution >= 0.6 is 0 Å². The monoisotopic (exact) mass is 198 g/mol. The van der Waals surface area contributed by atoms with E-state index in [2.05, 4.69) is 0 Å². The van der Waals surface area contributed by atoms with E-state index < -0.39 is 11.9 Å². The van der Waals surface area contributed by atoms with Crippen LogP contribution < -0.4 is 0 Å². The molecule has 0 aliphatic carbocycles. The molecule has 0 spiro atoms. The molecule has 0 bridgehead atoms. The average molecular weight is 198 g/mol. The van der Waals surface area contributed by atoms with Crippen LogP contribution in [0.4, 0.5) is 0 Å². The van der Waals surface area contributed by atoms with Crippen molar-refractivity contribution < 1.29 is 19.8 Å². The van der Waals surface area contributed by atoms with Crippen molar-refractivity contribution in [2.45, 2.75) is 26.7 Å². The van der Waals surface area contributed by atoms with E-state index in [9.17, 15) is 9.59 Å².